The largest absolute Gasteiger partial charge is 0.398 e. The number of ketones is 1. The van der Waals surface area contributed by atoms with Gasteiger partial charge in [0.15, 0.2) is 5.78 Å². The van der Waals surface area contributed by atoms with Gasteiger partial charge in [0.2, 0.25) is 0 Å². The van der Waals surface area contributed by atoms with E-state index in [9.17, 15) is 4.79 Å². The molecule has 70 valence electrons. The third-order valence-electron chi connectivity index (χ3n) is 1.51. The summed E-state index contributed by atoms with van der Waals surface area (Å²) in [6.07, 6.45) is 0. The molecule has 0 bridgehead atoms. The van der Waals surface area contributed by atoms with Crippen LogP contribution in [0.3, 0.4) is 0 Å². The molecule has 0 aliphatic heterocycles. The minimum absolute atomic E-state index is 0.0769. The Balaban J connectivity index is 3.23. The molecule has 2 N–H and O–H groups in total. The Kier molecular flexibility index (Phi) is 3.76. The third-order valence-corrected chi connectivity index (χ3v) is 3.22. The minimum Gasteiger partial charge on any atom is -0.398 e. The smallest absolute Gasteiger partial charge is 0.175 e. The lowest BCUT2D eigenvalue weighted by molar-refractivity contribution is 0.102. The average molecular weight is 327 g/mol. The van der Waals surface area contributed by atoms with Gasteiger partial charge in [0, 0.05) is 15.7 Å². The molecule has 1 aromatic rings. The quantitative estimate of drug-likeness (QED) is 0.515. The van der Waals surface area contributed by atoms with E-state index in [0.29, 0.717) is 20.7 Å². The van der Waals surface area contributed by atoms with Crippen LogP contribution in [0.4, 0.5) is 5.69 Å². The van der Waals surface area contributed by atoms with Crippen molar-refractivity contribution in [3.05, 3.63) is 27.2 Å². The second kappa shape index (κ2) is 4.44. The number of carbonyl (C=O) groups excluding carboxylic acids is 1. The molecule has 0 unspecified atom stereocenters. The number of hydrogen-bond donors (Lipinski definition) is 1. The van der Waals surface area contributed by atoms with E-state index in [1.54, 1.807) is 12.1 Å². The van der Waals surface area contributed by atoms with Gasteiger partial charge >= 0.3 is 0 Å². The topological polar surface area (TPSA) is 43.1 Å². The Morgan fingerprint density at radius 3 is 2.69 bits per heavy atom. The highest BCUT2D eigenvalue weighted by molar-refractivity contribution is 9.10. The third kappa shape index (κ3) is 2.45. The Morgan fingerprint density at radius 2 is 2.15 bits per heavy atom. The van der Waals surface area contributed by atoms with Gasteiger partial charge in [-0.3, -0.25) is 4.79 Å². The van der Waals surface area contributed by atoms with Gasteiger partial charge in [-0.2, -0.15) is 0 Å². The predicted octanol–water partition coefficient (Wildman–Crippen LogP) is 3.26. The molecular formula is C8H6Br2ClNO. The number of nitrogen functional groups attached to an aromatic ring is 1. The normalized spacial score (nSPS) is 10.1. The lowest BCUT2D eigenvalue weighted by atomic mass is 10.1. The van der Waals surface area contributed by atoms with E-state index in [2.05, 4.69) is 31.9 Å². The van der Waals surface area contributed by atoms with Crippen LogP contribution in [-0.4, -0.2) is 11.1 Å². The van der Waals surface area contributed by atoms with Crippen LogP contribution in [0.2, 0.25) is 5.02 Å². The Hall–Kier alpha value is -0.0600. The Morgan fingerprint density at radius 1 is 1.54 bits per heavy atom. The highest BCUT2D eigenvalue weighted by Gasteiger charge is 2.10. The molecule has 0 aliphatic carbocycles. The summed E-state index contributed by atoms with van der Waals surface area (Å²) in [5.74, 6) is -0.0769. The summed E-state index contributed by atoms with van der Waals surface area (Å²) >= 11 is 12.1. The SMILES string of the molecule is Nc1cc(Br)c(Cl)cc1C(=O)CBr. The number of halogens is 3. The van der Waals surface area contributed by atoms with Crippen LogP contribution in [-0.2, 0) is 0 Å². The second-order valence-corrected chi connectivity index (χ2v) is 4.23. The molecule has 1 rings (SSSR count). The molecule has 0 radical (unpaired) electrons. The van der Waals surface area contributed by atoms with Crippen molar-refractivity contribution in [3.8, 4) is 0 Å². The Bertz CT molecular complexity index is 354. The predicted molar refractivity (Wildman–Crippen MR) is 61.7 cm³/mol. The molecule has 0 atom stereocenters. The maximum absolute atomic E-state index is 11.3. The number of alkyl halides is 1. The van der Waals surface area contributed by atoms with E-state index in [1.165, 1.54) is 0 Å². The fourth-order valence-electron chi connectivity index (χ4n) is 0.876. The maximum Gasteiger partial charge on any atom is 0.175 e. The standard InChI is InChI=1S/C8H6Br2ClNO/c9-3-8(13)4-1-6(11)5(10)2-7(4)12/h1-2H,3,12H2. The molecule has 0 amide bonds. The number of benzene rings is 1. The minimum atomic E-state index is -0.0769. The summed E-state index contributed by atoms with van der Waals surface area (Å²) in [6.45, 7) is 0. The van der Waals surface area contributed by atoms with Crippen LogP contribution in [0.25, 0.3) is 0 Å². The maximum atomic E-state index is 11.3. The number of rotatable bonds is 2. The van der Waals surface area contributed by atoms with Crippen molar-refractivity contribution in [1.82, 2.24) is 0 Å². The second-order valence-electron chi connectivity index (χ2n) is 2.41. The van der Waals surface area contributed by atoms with Gasteiger partial charge in [-0.1, -0.05) is 27.5 Å². The van der Waals surface area contributed by atoms with Crippen LogP contribution in [0.5, 0.6) is 0 Å². The first-order valence-corrected chi connectivity index (χ1v) is 5.69. The summed E-state index contributed by atoms with van der Waals surface area (Å²) in [5, 5.41) is 0.730. The van der Waals surface area contributed by atoms with Crippen molar-refractivity contribution < 1.29 is 4.79 Å². The summed E-state index contributed by atoms with van der Waals surface area (Å²) in [4.78, 5) is 11.3. The van der Waals surface area contributed by atoms with Crippen LogP contribution in [0, 0.1) is 0 Å². The van der Waals surface area contributed by atoms with E-state index >= 15 is 0 Å². The van der Waals surface area contributed by atoms with Crippen LogP contribution in [0.1, 0.15) is 10.4 Å². The van der Waals surface area contributed by atoms with Gasteiger partial charge in [-0.25, -0.2) is 0 Å². The molecule has 0 fully saturated rings. The summed E-state index contributed by atoms with van der Waals surface area (Å²) < 4.78 is 0.692. The van der Waals surface area contributed by atoms with Crippen molar-refractivity contribution in [3.63, 3.8) is 0 Å². The number of nitrogens with two attached hydrogens (primary N) is 1. The zero-order valence-corrected chi connectivity index (χ0v) is 10.4. The fraction of sp³-hybridized carbons (Fsp3) is 0.125. The first kappa shape index (κ1) is 11.0. The van der Waals surface area contributed by atoms with Crippen LogP contribution in [0.15, 0.2) is 16.6 Å². The molecule has 0 heterocycles. The first-order chi connectivity index (χ1) is 6.06. The highest BCUT2D eigenvalue weighted by atomic mass is 79.9. The Labute approximate surface area is 97.7 Å². The molecule has 0 aromatic heterocycles. The average Bonchev–Trinajstić information content (AvgIpc) is 2.10. The van der Waals surface area contributed by atoms with E-state index in [4.69, 9.17) is 17.3 Å². The summed E-state index contributed by atoms with van der Waals surface area (Å²) in [5.41, 5.74) is 6.52. The van der Waals surface area contributed by atoms with Crippen LogP contribution >= 0.6 is 43.5 Å². The van der Waals surface area contributed by atoms with Gasteiger partial charge in [0.25, 0.3) is 0 Å². The lowest BCUT2D eigenvalue weighted by Gasteiger charge is -2.04. The van der Waals surface area contributed by atoms with Crippen molar-refractivity contribution in [2.45, 2.75) is 0 Å². The van der Waals surface area contributed by atoms with Gasteiger partial charge in [0.05, 0.1) is 10.4 Å². The fourth-order valence-corrected chi connectivity index (χ4v) is 1.70. The molecule has 13 heavy (non-hydrogen) atoms. The lowest BCUT2D eigenvalue weighted by Crippen LogP contribution is -2.04. The number of carbonyl (C=O) groups is 1. The van der Waals surface area contributed by atoms with Gasteiger partial charge < -0.3 is 5.73 Å². The monoisotopic (exact) mass is 325 g/mol. The zero-order valence-electron chi connectivity index (χ0n) is 6.48. The van der Waals surface area contributed by atoms with E-state index < -0.39 is 0 Å². The van der Waals surface area contributed by atoms with Gasteiger partial charge in [0.1, 0.15) is 0 Å². The van der Waals surface area contributed by atoms with Gasteiger partial charge in [-0.05, 0) is 28.1 Å². The number of Topliss-reactive ketones (excluding diaryl/α,β-unsaturated/α-hetero) is 1. The molecule has 0 spiro atoms. The highest BCUT2D eigenvalue weighted by Crippen LogP contribution is 2.28. The molecule has 0 saturated carbocycles. The molecule has 2 nitrogen and oxygen atoms in total. The van der Waals surface area contributed by atoms with E-state index in [0.717, 1.165) is 0 Å². The summed E-state index contributed by atoms with van der Waals surface area (Å²) in [7, 11) is 0. The number of anilines is 1. The first-order valence-electron chi connectivity index (χ1n) is 3.40. The van der Waals surface area contributed by atoms with Crippen molar-refractivity contribution in [2.75, 3.05) is 11.1 Å². The van der Waals surface area contributed by atoms with Crippen LogP contribution < -0.4 is 5.73 Å². The molecule has 5 heteroatoms. The summed E-state index contributed by atoms with van der Waals surface area (Å²) in [6, 6.07) is 3.18. The van der Waals surface area contributed by atoms with E-state index in [-0.39, 0.29) is 11.1 Å². The number of hydrogen-bond acceptors (Lipinski definition) is 2. The van der Waals surface area contributed by atoms with Crippen molar-refractivity contribution in [2.24, 2.45) is 0 Å². The van der Waals surface area contributed by atoms with Crippen molar-refractivity contribution >= 4 is 54.9 Å². The molecule has 0 saturated heterocycles. The van der Waals surface area contributed by atoms with Crippen molar-refractivity contribution in [1.29, 1.82) is 0 Å². The molecule has 1 aromatic carbocycles. The van der Waals surface area contributed by atoms with Gasteiger partial charge in [-0.15, -0.1) is 0 Å². The molecular weight excluding hydrogens is 321 g/mol. The molecule has 0 aliphatic rings. The van der Waals surface area contributed by atoms with E-state index in [1.807, 2.05) is 0 Å². The zero-order chi connectivity index (χ0) is 10.0.